The summed E-state index contributed by atoms with van der Waals surface area (Å²) >= 11 is 0. The minimum atomic E-state index is -0.224. The molecule has 0 radical (unpaired) electrons. The van der Waals surface area contributed by atoms with Crippen molar-refractivity contribution >= 4 is 17.3 Å². The lowest BCUT2D eigenvalue weighted by Gasteiger charge is -2.11. The van der Waals surface area contributed by atoms with Gasteiger partial charge in [-0.3, -0.25) is 4.79 Å². The highest BCUT2D eigenvalue weighted by Crippen LogP contribution is 2.30. The first-order valence-corrected chi connectivity index (χ1v) is 6.44. The van der Waals surface area contributed by atoms with E-state index in [0.717, 1.165) is 5.56 Å². The standard InChI is InChI=1S/C16H18N2O3/c1-10-6-11(8-12(17)7-10)16(19)18-13-4-5-14(20-2)15(9-13)21-3/h4-9H,17H2,1-3H3,(H,18,19). The Morgan fingerprint density at radius 1 is 1.05 bits per heavy atom. The molecule has 110 valence electrons. The molecule has 0 aliphatic carbocycles. The van der Waals surface area contributed by atoms with Crippen molar-refractivity contribution in [3.05, 3.63) is 47.5 Å². The number of nitrogens with one attached hydrogen (secondary N) is 1. The number of carbonyl (C=O) groups is 1. The van der Waals surface area contributed by atoms with E-state index in [-0.39, 0.29) is 5.91 Å². The molecular weight excluding hydrogens is 268 g/mol. The monoisotopic (exact) mass is 286 g/mol. The molecular formula is C16H18N2O3. The topological polar surface area (TPSA) is 73.6 Å². The summed E-state index contributed by atoms with van der Waals surface area (Å²) in [5, 5.41) is 2.81. The van der Waals surface area contributed by atoms with Crippen molar-refractivity contribution in [1.82, 2.24) is 0 Å². The highest BCUT2D eigenvalue weighted by atomic mass is 16.5. The van der Waals surface area contributed by atoms with Crippen LogP contribution in [0.4, 0.5) is 11.4 Å². The van der Waals surface area contributed by atoms with Gasteiger partial charge in [0.2, 0.25) is 0 Å². The van der Waals surface area contributed by atoms with Crippen LogP contribution in [0.15, 0.2) is 36.4 Å². The van der Waals surface area contributed by atoms with Gasteiger partial charge in [0.05, 0.1) is 14.2 Å². The summed E-state index contributed by atoms with van der Waals surface area (Å²) in [6.45, 7) is 1.89. The highest BCUT2D eigenvalue weighted by Gasteiger charge is 2.10. The van der Waals surface area contributed by atoms with Gasteiger partial charge in [0, 0.05) is 23.0 Å². The van der Waals surface area contributed by atoms with Crippen LogP contribution in [0, 0.1) is 6.92 Å². The van der Waals surface area contributed by atoms with Crippen LogP contribution in [0.1, 0.15) is 15.9 Å². The largest absolute Gasteiger partial charge is 0.493 e. The molecule has 21 heavy (non-hydrogen) atoms. The van der Waals surface area contributed by atoms with Gasteiger partial charge in [0.1, 0.15) is 0 Å². The zero-order valence-corrected chi connectivity index (χ0v) is 12.3. The van der Waals surface area contributed by atoms with E-state index < -0.39 is 0 Å². The van der Waals surface area contributed by atoms with Crippen molar-refractivity contribution < 1.29 is 14.3 Å². The van der Waals surface area contributed by atoms with Gasteiger partial charge >= 0.3 is 0 Å². The molecule has 0 bridgehead atoms. The van der Waals surface area contributed by atoms with E-state index in [1.807, 2.05) is 13.0 Å². The third kappa shape index (κ3) is 3.45. The van der Waals surface area contributed by atoms with E-state index >= 15 is 0 Å². The maximum absolute atomic E-state index is 12.2. The summed E-state index contributed by atoms with van der Waals surface area (Å²) in [5.74, 6) is 0.937. The maximum Gasteiger partial charge on any atom is 0.255 e. The molecule has 5 nitrogen and oxygen atoms in total. The Morgan fingerprint density at radius 2 is 1.76 bits per heavy atom. The number of nitrogens with two attached hydrogens (primary N) is 1. The number of hydrogen-bond donors (Lipinski definition) is 2. The van der Waals surface area contributed by atoms with Crippen molar-refractivity contribution in [1.29, 1.82) is 0 Å². The van der Waals surface area contributed by atoms with Gasteiger partial charge in [-0.1, -0.05) is 0 Å². The van der Waals surface area contributed by atoms with Crippen LogP contribution in [-0.2, 0) is 0 Å². The van der Waals surface area contributed by atoms with E-state index in [4.69, 9.17) is 15.2 Å². The Bertz CT molecular complexity index is 648. The van der Waals surface area contributed by atoms with Crippen LogP contribution in [0.2, 0.25) is 0 Å². The quantitative estimate of drug-likeness (QED) is 0.848. The highest BCUT2D eigenvalue weighted by molar-refractivity contribution is 6.05. The second-order valence-electron chi connectivity index (χ2n) is 4.66. The number of aryl methyl sites for hydroxylation is 1. The van der Waals surface area contributed by atoms with Crippen LogP contribution in [-0.4, -0.2) is 20.1 Å². The summed E-state index contributed by atoms with van der Waals surface area (Å²) in [6, 6.07) is 10.4. The first-order valence-electron chi connectivity index (χ1n) is 6.44. The van der Waals surface area contributed by atoms with Crippen molar-refractivity contribution in [2.45, 2.75) is 6.92 Å². The predicted molar refractivity (Wildman–Crippen MR) is 83.1 cm³/mol. The normalized spacial score (nSPS) is 10.0. The number of anilines is 2. The van der Waals surface area contributed by atoms with E-state index in [9.17, 15) is 4.79 Å². The molecule has 0 aliphatic rings. The number of methoxy groups -OCH3 is 2. The number of nitrogen functional groups attached to an aromatic ring is 1. The summed E-state index contributed by atoms with van der Waals surface area (Å²) in [6.07, 6.45) is 0. The lowest BCUT2D eigenvalue weighted by Crippen LogP contribution is -2.12. The van der Waals surface area contributed by atoms with E-state index in [1.165, 1.54) is 0 Å². The first kappa shape index (κ1) is 14.7. The van der Waals surface area contributed by atoms with Crippen molar-refractivity contribution in [3.8, 4) is 11.5 Å². The fourth-order valence-electron chi connectivity index (χ4n) is 2.06. The van der Waals surface area contributed by atoms with E-state index in [0.29, 0.717) is 28.4 Å². The lowest BCUT2D eigenvalue weighted by molar-refractivity contribution is 0.102. The van der Waals surface area contributed by atoms with Gasteiger partial charge in [-0.05, 0) is 42.8 Å². The second kappa shape index (κ2) is 6.17. The van der Waals surface area contributed by atoms with Crippen molar-refractivity contribution in [3.63, 3.8) is 0 Å². The maximum atomic E-state index is 12.2. The van der Waals surface area contributed by atoms with Gasteiger partial charge in [-0.2, -0.15) is 0 Å². The minimum absolute atomic E-state index is 0.224. The molecule has 0 aliphatic heterocycles. The van der Waals surface area contributed by atoms with Gasteiger partial charge in [0.25, 0.3) is 5.91 Å². The number of ether oxygens (including phenoxy) is 2. The molecule has 0 heterocycles. The zero-order chi connectivity index (χ0) is 15.4. The van der Waals surface area contributed by atoms with E-state index in [1.54, 1.807) is 44.6 Å². The lowest BCUT2D eigenvalue weighted by atomic mass is 10.1. The summed E-state index contributed by atoms with van der Waals surface area (Å²) in [4.78, 5) is 12.2. The average molecular weight is 286 g/mol. The van der Waals surface area contributed by atoms with Gasteiger partial charge in [-0.25, -0.2) is 0 Å². The van der Waals surface area contributed by atoms with Crippen LogP contribution in [0.5, 0.6) is 11.5 Å². The molecule has 2 rings (SSSR count). The van der Waals surface area contributed by atoms with Gasteiger partial charge < -0.3 is 20.5 Å². The molecule has 1 amide bonds. The third-order valence-corrected chi connectivity index (χ3v) is 3.00. The number of rotatable bonds is 4. The molecule has 0 saturated heterocycles. The molecule has 2 aromatic rings. The first-order chi connectivity index (χ1) is 10.0. The van der Waals surface area contributed by atoms with Crippen molar-refractivity contribution in [2.75, 3.05) is 25.3 Å². The summed E-state index contributed by atoms with van der Waals surface area (Å²) in [7, 11) is 3.11. The fraction of sp³-hybridized carbons (Fsp3) is 0.188. The number of amides is 1. The molecule has 0 atom stereocenters. The Labute approximate surface area is 123 Å². The number of benzene rings is 2. The predicted octanol–water partition coefficient (Wildman–Crippen LogP) is 2.85. The van der Waals surface area contributed by atoms with Crippen LogP contribution in [0.3, 0.4) is 0 Å². The Kier molecular flexibility index (Phi) is 4.33. The number of carbonyl (C=O) groups excluding carboxylic acids is 1. The Morgan fingerprint density at radius 3 is 2.38 bits per heavy atom. The molecule has 0 aromatic heterocycles. The average Bonchev–Trinajstić information content (AvgIpc) is 2.46. The van der Waals surface area contributed by atoms with E-state index in [2.05, 4.69) is 5.32 Å². The molecule has 0 fully saturated rings. The molecule has 0 saturated carbocycles. The molecule has 3 N–H and O–H groups in total. The summed E-state index contributed by atoms with van der Waals surface area (Å²) < 4.78 is 10.4. The van der Waals surface area contributed by atoms with Crippen molar-refractivity contribution in [2.24, 2.45) is 0 Å². The molecule has 5 heteroatoms. The SMILES string of the molecule is COc1ccc(NC(=O)c2cc(C)cc(N)c2)cc1OC. The van der Waals surface area contributed by atoms with Crippen LogP contribution >= 0.6 is 0 Å². The summed E-state index contributed by atoms with van der Waals surface area (Å²) in [5.41, 5.74) is 8.40. The molecule has 0 unspecified atom stereocenters. The number of hydrogen-bond acceptors (Lipinski definition) is 4. The zero-order valence-electron chi connectivity index (χ0n) is 12.3. The second-order valence-corrected chi connectivity index (χ2v) is 4.66. The third-order valence-electron chi connectivity index (χ3n) is 3.00. The van der Waals surface area contributed by atoms with Gasteiger partial charge in [-0.15, -0.1) is 0 Å². The minimum Gasteiger partial charge on any atom is -0.493 e. The molecule has 2 aromatic carbocycles. The Balaban J connectivity index is 2.23. The molecule has 0 spiro atoms. The van der Waals surface area contributed by atoms with Gasteiger partial charge in [0.15, 0.2) is 11.5 Å². The Hall–Kier alpha value is -2.69. The fourth-order valence-corrected chi connectivity index (χ4v) is 2.06. The van der Waals surface area contributed by atoms with Crippen LogP contribution < -0.4 is 20.5 Å². The van der Waals surface area contributed by atoms with Crippen LogP contribution in [0.25, 0.3) is 0 Å². The smallest absolute Gasteiger partial charge is 0.255 e.